The van der Waals surface area contributed by atoms with Gasteiger partial charge in [-0.1, -0.05) is 23.5 Å². The van der Waals surface area contributed by atoms with Gasteiger partial charge in [0, 0.05) is 5.56 Å². The van der Waals surface area contributed by atoms with E-state index in [1.165, 1.54) is 11.3 Å². The number of aromatic nitrogens is 4. The summed E-state index contributed by atoms with van der Waals surface area (Å²) < 4.78 is 18.0. The van der Waals surface area contributed by atoms with Crippen molar-refractivity contribution in [2.24, 2.45) is 0 Å². The zero-order valence-electron chi connectivity index (χ0n) is 14.2. The van der Waals surface area contributed by atoms with E-state index in [9.17, 15) is 0 Å². The molecule has 0 aliphatic carbocycles. The number of rotatable bonds is 6. The average Bonchev–Trinajstić information content (AvgIpc) is 3.27. The largest absolute Gasteiger partial charge is 0.497 e. The minimum Gasteiger partial charge on any atom is -0.497 e. The van der Waals surface area contributed by atoms with Crippen molar-refractivity contribution < 1.29 is 14.2 Å². The lowest BCUT2D eigenvalue weighted by atomic mass is 10.2. The summed E-state index contributed by atoms with van der Waals surface area (Å²) in [6.45, 7) is 0.330. The summed E-state index contributed by atoms with van der Waals surface area (Å²) in [6, 6.07) is 15.1. The molecule has 2 heterocycles. The molecule has 4 rings (SSSR count). The van der Waals surface area contributed by atoms with Crippen LogP contribution in [0.3, 0.4) is 0 Å². The Morgan fingerprint density at radius 2 is 1.69 bits per heavy atom. The molecule has 0 fully saturated rings. The highest BCUT2D eigenvalue weighted by Crippen LogP contribution is 2.28. The van der Waals surface area contributed by atoms with Gasteiger partial charge in [-0.25, -0.2) is 0 Å². The first kappa shape index (κ1) is 16.3. The second kappa shape index (κ2) is 7.01. The summed E-state index contributed by atoms with van der Waals surface area (Å²) in [5.74, 6) is 2.84. The topological polar surface area (TPSA) is 70.8 Å². The lowest BCUT2D eigenvalue weighted by molar-refractivity contribution is 0.283. The van der Waals surface area contributed by atoms with E-state index in [2.05, 4.69) is 15.3 Å². The molecule has 4 aromatic rings. The molecule has 0 saturated carbocycles. The average molecular weight is 368 g/mol. The number of nitrogens with zero attached hydrogens (tertiary/aromatic N) is 4. The van der Waals surface area contributed by atoms with E-state index in [4.69, 9.17) is 14.2 Å². The Hall–Kier alpha value is -3.13. The number of methoxy groups -OCH3 is 2. The van der Waals surface area contributed by atoms with Crippen molar-refractivity contribution in [2.75, 3.05) is 14.2 Å². The first-order valence-electron chi connectivity index (χ1n) is 7.90. The third-order valence-corrected chi connectivity index (χ3v) is 4.67. The van der Waals surface area contributed by atoms with Gasteiger partial charge in [0.2, 0.25) is 4.96 Å². The Kier molecular flexibility index (Phi) is 4.40. The molecule has 0 atom stereocenters. The van der Waals surface area contributed by atoms with Gasteiger partial charge in [0.1, 0.15) is 12.4 Å². The van der Waals surface area contributed by atoms with Crippen LogP contribution >= 0.6 is 11.3 Å². The van der Waals surface area contributed by atoms with Crippen LogP contribution in [0.25, 0.3) is 16.3 Å². The van der Waals surface area contributed by atoms with Gasteiger partial charge in [-0.05, 0) is 36.4 Å². The third kappa shape index (κ3) is 3.06. The molecule has 0 aliphatic heterocycles. The van der Waals surface area contributed by atoms with Crippen LogP contribution in [0.15, 0.2) is 48.5 Å². The summed E-state index contributed by atoms with van der Waals surface area (Å²) >= 11 is 1.44. The van der Waals surface area contributed by atoms with Gasteiger partial charge >= 0.3 is 0 Å². The highest BCUT2D eigenvalue weighted by molar-refractivity contribution is 7.16. The number of fused-ring (bicyclic) bond motifs is 1. The highest BCUT2D eigenvalue weighted by atomic mass is 32.1. The second-order valence-corrected chi connectivity index (χ2v) is 6.42. The molecule has 0 radical (unpaired) electrons. The Morgan fingerprint density at radius 1 is 0.923 bits per heavy atom. The number of para-hydroxylation sites is 2. The van der Waals surface area contributed by atoms with Crippen molar-refractivity contribution in [1.82, 2.24) is 19.8 Å². The minimum atomic E-state index is 0.330. The summed E-state index contributed by atoms with van der Waals surface area (Å²) in [6.07, 6.45) is 0. The third-order valence-electron chi connectivity index (χ3n) is 3.80. The van der Waals surface area contributed by atoms with E-state index < -0.39 is 0 Å². The molecule has 0 unspecified atom stereocenters. The Bertz CT molecular complexity index is 1030. The predicted octanol–water partition coefficient (Wildman–Crippen LogP) is 3.45. The van der Waals surface area contributed by atoms with Gasteiger partial charge in [-0.2, -0.15) is 9.61 Å². The normalized spacial score (nSPS) is 10.8. The lowest BCUT2D eigenvalue weighted by Gasteiger charge is -2.08. The van der Waals surface area contributed by atoms with Crippen molar-refractivity contribution in [2.45, 2.75) is 6.61 Å². The quantitative estimate of drug-likeness (QED) is 0.519. The molecule has 0 amide bonds. The number of hydrogen-bond acceptors (Lipinski definition) is 7. The van der Waals surface area contributed by atoms with E-state index in [1.807, 2.05) is 48.5 Å². The molecule has 0 spiro atoms. The van der Waals surface area contributed by atoms with Gasteiger partial charge in [0.15, 0.2) is 22.3 Å². The molecule has 0 bridgehead atoms. The van der Waals surface area contributed by atoms with Gasteiger partial charge < -0.3 is 14.2 Å². The summed E-state index contributed by atoms with van der Waals surface area (Å²) in [7, 11) is 3.26. The number of benzene rings is 2. The maximum Gasteiger partial charge on any atom is 0.235 e. The SMILES string of the molecule is COc1ccc(-c2nnc3sc(COc4ccccc4OC)nn23)cc1. The van der Waals surface area contributed by atoms with E-state index in [0.29, 0.717) is 23.9 Å². The van der Waals surface area contributed by atoms with Crippen LogP contribution in [0.5, 0.6) is 17.2 Å². The van der Waals surface area contributed by atoms with E-state index in [1.54, 1.807) is 18.7 Å². The Morgan fingerprint density at radius 3 is 2.42 bits per heavy atom. The molecule has 132 valence electrons. The van der Waals surface area contributed by atoms with Gasteiger partial charge in [0.05, 0.1) is 14.2 Å². The fraction of sp³-hybridized carbons (Fsp3) is 0.167. The van der Waals surface area contributed by atoms with Crippen LogP contribution in [0, 0.1) is 0 Å². The molecule has 2 aromatic carbocycles. The molecule has 0 saturated heterocycles. The first-order chi connectivity index (χ1) is 12.8. The highest BCUT2D eigenvalue weighted by Gasteiger charge is 2.14. The molecule has 8 heteroatoms. The van der Waals surface area contributed by atoms with Crippen molar-refractivity contribution >= 4 is 16.3 Å². The summed E-state index contributed by atoms with van der Waals surface area (Å²) in [5.41, 5.74) is 0.917. The fourth-order valence-corrected chi connectivity index (χ4v) is 3.26. The van der Waals surface area contributed by atoms with Crippen molar-refractivity contribution in [3.05, 3.63) is 53.5 Å². The van der Waals surface area contributed by atoms with Crippen LogP contribution in [0.4, 0.5) is 0 Å². The van der Waals surface area contributed by atoms with E-state index in [0.717, 1.165) is 21.3 Å². The van der Waals surface area contributed by atoms with Gasteiger partial charge in [0.25, 0.3) is 0 Å². The Balaban J connectivity index is 1.57. The summed E-state index contributed by atoms with van der Waals surface area (Å²) in [5, 5.41) is 13.8. The predicted molar refractivity (Wildman–Crippen MR) is 98.0 cm³/mol. The summed E-state index contributed by atoms with van der Waals surface area (Å²) in [4.78, 5) is 0.717. The fourth-order valence-electron chi connectivity index (χ4n) is 2.51. The minimum absolute atomic E-state index is 0.330. The van der Waals surface area contributed by atoms with Crippen molar-refractivity contribution in [3.63, 3.8) is 0 Å². The molecular formula is C18H16N4O3S. The maximum atomic E-state index is 5.83. The molecule has 2 aromatic heterocycles. The van der Waals surface area contributed by atoms with E-state index in [-0.39, 0.29) is 0 Å². The molecule has 0 aliphatic rings. The first-order valence-corrected chi connectivity index (χ1v) is 8.71. The van der Waals surface area contributed by atoms with Gasteiger partial charge in [-0.15, -0.1) is 10.2 Å². The van der Waals surface area contributed by atoms with Crippen LogP contribution in [0.2, 0.25) is 0 Å². The number of ether oxygens (including phenoxy) is 3. The molecular weight excluding hydrogens is 352 g/mol. The molecule has 26 heavy (non-hydrogen) atoms. The van der Waals surface area contributed by atoms with Crippen LogP contribution in [0.1, 0.15) is 5.01 Å². The standard InChI is InChI=1S/C18H16N4O3S/c1-23-13-9-7-12(8-10-13)17-19-20-18-22(17)21-16(26-18)11-25-15-6-4-3-5-14(15)24-2/h3-10H,11H2,1-2H3. The van der Waals surface area contributed by atoms with E-state index >= 15 is 0 Å². The van der Waals surface area contributed by atoms with Crippen LogP contribution < -0.4 is 14.2 Å². The molecule has 7 nitrogen and oxygen atoms in total. The maximum absolute atomic E-state index is 5.83. The number of hydrogen-bond donors (Lipinski definition) is 0. The smallest absolute Gasteiger partial charge is 0.235 e. The zero-order valence-corrected chi connectivity index (χ0v) is 15.1. The van der Waals surface area contributed by atoms with Crippen molar-refractivity contribution in [1.29, 1.82) is 0 Å². The lowest BCUT2D eigenvalue weighted by Crippen LogP contribution is -1.99. The Labute approximate surface area is 153 Å². The monoisotopic (exact) mass is 368 g/mol. The van der Waals surface area contributed by atoms with Crippen molar-refractivity contribution in [3.8, 4) is 28.6 Å². The van der Waals surface area contributed by atoms with Crippen LogP contribution in [-0.2, 0) is 6.61 Å². The van der Waals surface area contributed by atoms with Gasteiger partial charge in [-0.3, -0.25) is 0 Å². The van der Waals surface area contributed by atoms with Crippen LogP contribution in [-0.4, -0.2) is 34.0 Å². The zero-order chi connectivity index (χ0) is 17.9. The second-order valence-electron chi connectivity index (χ2n) is 5.38. The molecule has 0 N–H and O–H groups in total.